The molecule has 0 aliphatic rings. The first-order valence-corrected chi connectivity index (χ1v) is 7.48. The van der Waals surface area contributed by atoms with Crippen molar-refractivity contribution in [1.29, 1.82) is 0 Å². The van der Waals surface area contributed by atoms with Crippen molar-refractivity contribution in [3.05, 3.63) is 69.3 Å². The first-order chi connectivity index (χ1) is 11.7. The number of para-hydroxylation sites is 3. The monoisotopic (exact) mass is 317 g/mol. The first-order valence-electron chi connectivity index (χ1n) is 7.48. The summed E-state index contributed by atoms with van der Waals surface area (Å²) >= 11 is 0. The molecule has 6 heteroatoms. The van der Waals surface area contributed by atoms with Crippen molar-refractivity contribution >= 4 is 38.7 Å². The number of nitrogens with zero attached hydrogens (tertiary/aromatic N) is 3. The van der Waals surface area contributed by atoms with Crippen LogP contribution in [0.4, 0.5) is 0 Å². The van der Waals surface area contributed by atoms with Crippen molar-refractivity contribution < 1.29 is 4.42 Å². The molecule has 116 valence electrons. The second-order valence-corrected chi connectivity index (χ2v) is 5.71. The number of aromatic nitrogens is 3. The van der Waals surface area contributed by atoms with Gasteiger partial charge in [-0.15, -0.1) is 0 Å². The summed E-state index contributed by atoms with van der Waals surface area (Å²) in [5.74, 6) is 0.490. The maximum Gasteiger partial charge on any atom is 0.351 e. The standard InChI is InChI=1S/C18H11N3O3/c1-20-11-7-3-4-8-12(11)21-16(22)14-15(19-18(20)21)10-6-2-5-9-13(10)24-17(14)23/h2-9H,1H3. The molecular weight excluding hydrogens is 306 g/mol. The third kappa shape index (κ3) is 1.47. The summed E-state index contributed by atoms with van der Waals surface area (Å²) in [6.07, 6.45) is 0. The number of aryl methyl sites for hydroxylation is 1. The summed E-state index contributed by atoms with van der Waals surface area (Å²) < 4.78 is 8.62. The van der Waals surface area contributed by atoms with Gasteiger partial charge < -0.3 is 8.98 Å². The van der Waals surface area contributed by atoms with Gasteiger partial charge in [0.2, 0.25) is 5.78 Å². The van der Waals surface area contributed by atoms with E-state index in [0.29, 0.717) is 27.8 Å². The fraction of sp³-hybridized carbons (Fsp3) is 0.0556. The SMILES string of the molecule is Cn1c2ccccc2n2c(=O)c3c(=O)oc4ccccc4c3nc12. The number of fused-ring (bicyclic) bond motifs is 6. The Morgan fingerprint density at radius 2 is 1.67 bits per heavy atom. The molecule has 0 atom stereocenters. The van der Waals surface area contributed by atoms with E-state index in [1.165, 1.54) is 4.40 Å². The fourth-order valence-electron chi connectivity index (χ4n) is 3.28. The third-order valence-corrected chi connectivity index (χ3v) is 4.40. The lowest BCUT2D eigenvalue weighted by Crippen LogP contribution is -2.21. The molecular formula is C18H11N3O3. The first kappa shape index (κ1) is 13.1. The van der Waals surface area contributed by atoms with E-state index in [-0.39, 0.29) is 5.39 Å². The molecule has 0 bridgehead atoms. The van der Waals surface area contributed by atoms with Crippen molar-refractivity contribution in [1.82, 2.24) is 14.0 Å². The average Bonchev–Trinajstić information content (AvgIpc) is 2.88. The molecule has 5 aromatic rings. The van der Waals surface area contributed by atoms with Gasteiger partial charge in [0.25, 0.3) is 5.56 Å². The van der Waals surface area contributed by atoms with E-state index in [1.807, 2.05) is 41.9 Å². The van der Waals surface area contributed by atoms with E-state index >= 15 is 0 Å². The lowest BCUT2D eigenvalue weighted by Gasteiger charge is -2.03. The maximum atomic E-state index is 13.0. The molecule has 2 aromatic carbocycles. The van der Waals surface area contributed by atoms with Crippen LogP contribution in [0.5, 0.6) is 0 Å². The summed E-state index contributed by atoms with van der Waals surface area (Å²) in [7, 11) is 1.85. The molecule has 0 N–H and O–H groups in total. The summed E-state index contributed by atoms with van der Waals surface area (Å²) in [5, 5.41) is 0.625. The van der Waals surface area contributed by atoms with Crippen molar-refractivity contribution in [2.45, 2.75) is 0 Å². The van der Waals surface area contributed by atoms with Crippen LogP contribution in [0.25, 0.3) is 38.7 Å². The van der Waals surface area contributed by atoms with E-state index in [2.05, 4.69) is 4.98 Å². The lowest BCUT2D eigenvalue weighted by molar-refractivity contribution is 0.568. The van der Waals surface area contributed by atoms with Crippen molar-refractivity contribution in [3.8, 4) is 0 Å². The predicted octanol–water partition coefficient (Wildman–Crippen LogP) is 2.45. The minimum absolute atomic E-state index is 0.0254. The van der Waals surface area contributed by atoms with E-state index in [1.54, 1.807) is 18.2 Å². The van der Waals surface area contributed by atoms with Crippen LogP contribution in [0.1, 0.15) is 0 Å². The van der Waals surface area contributed by atoms with Gasteiger partial charge in [0.1, 0.15) is 5.58 Å². The van der Waals surface area contributed by atoms with E-state index in [4.69, 9.17) is 4.42 Å². The highest BCUT2D eigenvalue weighted by Gasteiger charge is 2.18. The van der Waals surface area contributed by atoms with E-state index in [9.17, 15) is 9.59 Å². The molecule has 0 radical (unpaired) electrons. The van der Waals surface area contributed by atoms with Crippen LogP contribution in [-0.2, 0) is 7.05 Å². The zero-order valence-corrected chi connectivity index (χ0v) is 12.7. The Kier molecular flexibility index (Phi) is 2.35. The maximum absolute atomic E-state index is 13.0. The molecule has 0 unspecified atom stereocenters. The smallest absolute Gasteiger partial charge is 0.351 e. The third-order valence-electron chi connectivity index (χ3n) is 4.40. The largest absolute Gasteiger partial charge is 0.422 e. The van der Waals surface area contributed by atoms with Crippen LogP contribution in [0, 0.1) is 0 Å². The van der Waals surface area contributed by atoms with Crippen molar-refractivity contribution in [2.24, 2.45) is 7.05 Å². The molecule has 0 aliphatic carbocycles. The van der Waals surface area contributed by atoms with Crippen LogP contribution >= 0.6 is 0 Å². The highest BCUT2D eigenvalue weighted by atomic mass is 16.4. The quantitative estimate of drug-likeness (QED) is 0.325. The Bertz CT molecular complexity index is 1410. The van der Waals surface area contributed by atoms with Gasteiger partial charge in [0.05, 0.1) is 16.6 Å². The number of rotatable bonds is 0. The predicted molar refractivity (Wildman–Crippen MR) is 91.5 cm³/mol. The molecule has 0 amide bonds. The van der Waals surface area contributed by atoms with Gasteiger partial charge >= 0.3 is 5.63 Å². The Hall–Kier alpha value is -3.41. The molecule has 3 aromatic heterocycles. The summed E-state index contributed by atoms with van der Waals surface area (Å²) in [6, 6.07) is 14.6. The highest BCUT2D eigenvalue weighted by molar-refractivity contribution is 6.02. The van der Waals surface area contributed by atoms with Gasteiger partial charge in [-0.2, -0.15) is 0 Å². The van der Waals surface area contributed by atoms with Gasteiger partial charge in [-0.1, -0.05) is 24.3 Å². The molecule has 0 aliphatic heterocycles. The van der Waals surface area contributed by atoms with Gasteiger partial charge in [-0.05, 0) is 24.3 Å². The Labute approximate surface area is 134 Å². The molecule has 6 nitrogen and oxygen atoms in total. The fourth-order valence-corrected chi connectivity index (χ4v) is 3.28. The van der Waals surface area contributed by atoms with Crippen molar-refractivity contribution in [3.63, 3.8) is 0 Å². The van der Waals surface area contributed by atoms with E-state index < -0.39 is 11.2 Å². The normalized spacial score (nSPS) is 11.9. The zero-order chi connectivity index (χ0) is 16.4. The van der Waals surface area contributed by atoms with Crippen LogP contribution in [0.3, 0.4) is 0 Å². The summed E-state index contributed by atoms with van der Waals surface area (Å²) in [4.78, 5) is 30.0. The summed E-state index contributed by atoms with van der Waals surface area (Å²) in [6.45, 7) is 0. The minimum Gasteiger partial charge on any atom is -0.422 e. The van der Waals surface area contributed by atoms with Crippen LogP contribution in [0.2, 0.25) is 0 Å². The average molecular weight is 317 g/mol. The number of hydrogen-bond acceptors (Lipinski definition) is 4. The van der Waals surface area contributed by atoms with Crippen molar-refractivity contribution in [2.75, 3.05) is 0 Å². The topological polar surface area (TPSA) is 69.5 Å². The van der Waals surface area contributed by atoms with Crippen LogP contribution in [0.15, 0.2) is 62.5 Å². The highest BCUT2D eigenvalue weighted by Crippen LogP contribution is 2.22. The second-order valence-electron chi connectivity index (χ2n) is 5.71. The van der Waals surface area contributed by atoms with Crippen LogP contribution < -0.4 is 11.2 Å². The zero-order valence-electron chi connectivity index (χ0n) is 12.7. The van der Waals surface area contributed by atoms with Gasteiger partial charge in [-0.25, -0.2) is 14.2 Å². The van der Waals surface area contributed by atoms with Gasteiger partial charge in [0.15, 0.2) is 5.39 Å². The second kappa shape index (κ2) is 4.32. The lowest BCUT2D eigenvalue weighted by atomic mass is 10.2. The number of imidazole rings is 1. The van der Waals surface area contributed by atoms with Gasteiger partial charge in [0, 0.05) is 12.4 Å². The molecule has 0 spiro atoms. The Morgan fingerprint density at radius 1 is 0.958 bits per heavy atom. The van der Waals surface area contributed by atoms with Gasteiger partial charge in [-0.3, -0.25) is 4.79 Å². The molecule has 0 saturated heterocycles. The summed E-state index contributed by atoms with van der Waals surface area (Å²) in [5.41, 5.74) is 1.30. The number of hydrogen-bond donors (Lipinski definition) is 0. The minimum atomic E-state index is -0.663. The Morgan fingerprint density at radius 3 is 2.50 bits per heavy atom. The van der Waals surface area contributed by atoms with E-state index in [0.717, 1.165) is 5.52 Å². The Balaban J connectivity index is 2.20. The molecule has 3 heterocycles. The molecule has 0 fully saturated rings. The molecule has 0 saturated carbocycles. The molecule has 5 rings (SSSR count). The number of benzene rings is 2. The van der Waals surface area contributed by atoms with Crippen LogP contribution in [-0.4, -0.2) is 14.0 Å². The molecule has 24 heavy (non-hydrogen) atoms.